The van der Waals surface area contributed by atoms with Crippen molar-refractivity contribution in [2.45, 2.75) is 45.2 Å². The molecule has 1 rings (SSSR count). The van der Waals surface area contributed by atoms with Crippen molar-refractivity contribution in [3.8, 4) is 0 Å². The van der Waals surface area contributed by atoms with Gasteiger partial charge in [0.25, 0.3) is 0 Å². The van der Waals surface area contributed by atoms with Gasteiger partial charge in [-0.1, -0.05) is 13.3 Å². The van der Waals surface area contributed by atoms with Crippen molar-refractivity contribution in [2.24, 2.45) is 0 Å². The Balaban J connectivity index is 2.58. The van der Waals surface area contributed by atoms with Crippen LogP contribution in [0.15, 0.2) is 0 Å². The van der Waals surface area contributed by atoms with Crippen LogP contribution in [0.1, 0.15) is 33.6 Å². The molecule has 1 atom stereocenters. The molecule has 102 valence electrons. The highest BCUT2D eigenvalue weighted by Gasteiger charge is 2.33. The molecule has 1 heterocycles. The lowest BCUT2D eigenvalue weighted by Crippen LogP contribution is -2.62. The average Bonchev–Trinajstić information content (AvgIpc) is 2.18. The monoisotopic (exact) mass is 262 g/mol. The van der Waals surface area contributed by atoms with Crippen molar-refractivity contribution >= 4 is 9.84 Å². The predicted molar refractivity (Wildman–Crippen MR) is 72.1 cm³/mol. The highest BCUT2D eigenvalue weighted by molar-refractivity contribution is 7.90. The number of sulfone groups is 1. The SMILES string of the molecule is CCCC1CN(CCS(C)(=O)=O)C(C)(C)CN1. The summed E-state index contributed by atoms with van der Waals surface area (Å²) in [5.74, 6) is 0.259. The van der Waals surface area contributed by atoms with Gasteiger partial charge in [0.05, 0.1) is 5.75 Å². The summed E-state index contributed by atoms with van der Waals surface area (Å²) < 4.78 is 22.5. The smallest absolute Gasteiger partial charge is 0.148 e. The molecular formula is C12H26N2O2S. The summed E-state index contributed by atoms with van der Waals surface area (Å²) in [6.45, 7) is 9.06. The van der Waals surface area contributed by atoms with Gasteiger partial charge >= 0.3 is 0 Å². The van der Waals surface area contributed by atoms with E-state index in [1.54, 1.807) is 0 Å². The van der Waals surface area contributed by atoms with E-state index >= 15 is 0 Å². The molecule has 1 aliphatic heterocycles. The number of nitrogens with one attached hydrogen (secondary N) is 1. The van der Waals surface area contributed by atoms with Gasteiger partial charge in [-0.15, -0.1) is 0 Å². The molecule has 0 bridgehead atoms. The van der Waals surface area contributed by atoms with Crippen LogP contribution in [-0.4, -0.2) is 56.5 Å². The first-order valence-electron chi connectivity index (χ1n) is 6.41. The van der Waals surface area contributed by atoms with Crippen molar-refractivity contribution in [3.05, 3.63) is 0 Å². The molecule has 5 heteroatoms. The lowest BCUT2D eigenvalue weighted by atomic mass is 9.96. The third kappa shape index (κ3) is 4.94. The second kappa shape index (κ2) is 5.67. The third-order valence-corrected chi connectivity index (χ3v) is 4.41. The summed E-state index contributed by atoms with van der Waals surface area (Å²) >= 11 is 0. The zero-order valence-electron chi connectivity index (χ0n) is 11.5. The summed E-state index contributed by atoms with van der Waals surface area (Å²) in [6.07, 6.45) is 3.63. The number of piperazine rings is 1. The molecule has 1 unspecified atom stereocenters. The van der Waals surface area contributed by atoms with E-state index in [1.807, 2.05) is 0 Å². The summed E-state index contributed by atoms with van der Waals surface area (Å²) in [6, 6.07) is 0.507. The van der Waals surface area contributed by atoms with E-state index in [-0.39, 0.29) is 11.3 Å². The van der Waals surface area contributed by atoms with Crippen LogP contribution in [0.25, 0.3) is 0 Å². The van der Waals surface area contributed by atoms with Gasteiger partial charge in [-0.2, -0.15) is 0 Å². The van der Waals surface area contributed by atoms with E-state index in [2.05, 4.69) is 31.0 Å². The summed E-state index contributed by atoms with van der Waals surface area (Å²) in [5.41, 5.74) is 0.0505. The maximum Gasteiger partial charge on any atom is 0.148 e. The molecule has 0 aromatic carbocycles. The number of rotatable bonds is 5. The molecule has 17 heavy (non-hydrogen) atoms. The maximum absolute atomic E-state index is 11.2. The Morgan fingerprint density at radius 2 is 2.06 bits per heavy atom. The van der Waals surface area contributed by atoms with Crippen molar-refractivity contribution in [1.82, 2.24) is 10.2 Å². The topological polar surface area (TPSA) is 49.4 Å². The maximum atomic E-state index is 11.2. The van der Waals surface area contributed by atoms with Crippen LogP contribution < -0.4 is 5.32 Å². The van der Waals surface area contributed by atoms with Gasteiger partial charge in [-0.05, 0) is 20.3 Å². The van der Waals surface area contributed by atoms with Gasteiger partial charge in [0.1, 0.15) is 9.84 Å². The molecule has 1 fully saturated rings. The number of nitrogens with zero attached hydrogens (tertiary/aromatic N) is 1. The van der Waals surface area contributed by atoms with Crippen LogP contribution in [0, 0.1) is 0 Å². The van der Waals surface area contributed by atoms with Crippen molar-refractivity contribution in [1.29, 1.82) is 0 Å². The summed E-state index contributed by atoms with van der Waals surface area (Å²) in [7, 11) is -2.87. The minimum atomic E-state index is -2.87. The van der Waals surface area contributed by atoms with Crippen LogP contribution in [-0.2, 0) is 9.84 Å². The third-order valence-electron chi connectivity index (χ3n) is 3.49. The fourth-order valence-corrected chi connectivity index (χ4v) is 2.85. The fourth-order valence-electron chi connectivity index (χ4n) is 2.30. The molecular weight excluding hydrogens is 236 g/mol. The van der Waals surface area contributed by atoms with E-state index in [4.69, 9.17) is 0 Å². The molecule has 0 saturated carbocycles. The van der Waals surface area contributed by atoms with Crippen molar-refractivity contribution in [3.63, 3.8) is 0 Å². The van der Waals surface area contributed by atoms with Gasteiger partial charge in [0.2, 0.25) is 0 Å². The van der Waals surface area contributed by atoms with Gasteiger partial charge in [-0.25, -0.2) is 8.42 Å². The quantitative estimate of drug-likeness (QED) is 0.799. The Bertz CT molecular complexity index is 338. The average molecular weight is 262 g/mol. The standard InChI is InChI=1S/C12H26N2O2S/c1-5-6-11-9-14(7-8-17(4,15)16)12(2,3)10-13-11/h11,13H,5-10H2,1-4H3. The Kier molecular flexibility index (Phi) is 4.98. The molecule has 0 amide bonds. The van der Waals surface area contributed by atoms with Gasteiger partial charge in [-0.3, -0.25) is 4.90 Å². The van der Waals surface area contributed by atoms with Gasteiger partial charge in [0.15, 0.2) is 0 Å². The van der Waals surface area contributed by atoms with Gasteiger partial charge in [0, 0.05) is 37.5 Å². The molecule has 4 nitrogen and oxygen atoms in total. The van der Waals surface area contributed by atoms with Crippen molar-refractivity contribution < 1.29 is 8.42 Å². The molecule has 1 saturated heterocycles. The summed E-state index contributed by atoms with van der Waals surface area (Å²) in [4.78, 5) is 2.31. The van der Waals surface area contributed by atoms with Crippen LogP contribution in [0.4, 0.5) is 0 Å². The zero-order chi connectivity index (χ0) is 13.1. The van der Waals surface area contributed by atoms with E-state index < -0.39 is 9.84 Å². The molecule has 0 aromatic heterocycles. The van der Waals surface area contributed by atoms with Crippen molar-refractivity contribution in [2.75, 3.05) is 31.6 Å². The minimum Gasteiger partial charge on any atom is -0.311 e. The predicted octanol–water partition coefficient (Wildman–Crippen LogP) is 0.884. The minimum absolute atomic E-state index is 0.0505. The Morgan fingerprint density at radius 3 is 2.59 bits per heavy atom. The lowest BCUT2D eigenvalue weighted by molar-refractivity contribution is 0.0702. The first kappa shape index (κ1) is 14.9. The molecule has 0 aliphatic carbocycles. The number of hydrogen-bond acceptors (Lipinski definition) is 4. The van der Waals surface area contributed by atoms with E-state index in [1.165, 1.54) is 6.26 Å². The molecule has 0 spiro atoms. The van der Waals surface area contributed by atoms with E-state index in [0.29, 0.717) is 12.6 Å². The highest BCUT2D eigenvalue weighted by Crippen LogP contribution is 2.19. The first-order valence-corrected chi connectivity index (χ1v) is 8.47. The van der Waals surface area contributed by atoms with E-state index in [9.17, 15) is 8.42 Å². The Labute approximate surface area is 106 Å². The normalized spacial score (nSPS) is 26.0. The largest absolute Gasteiger partial charge is 0.311 e. The van der Waals surface area contributed by atoms with Gasteiger partial charge < -0.3 is 5.32 Å². The van der Waals surface area contributed by atoms with Crippen LogP contribution in [0.5, 0.6) is 0 Å². The Morgan fingerprint density at radius 1 is 1.41 bits per heavy atom. The molecule has 1 aliphatic rings. The second-order valence-corrected chi connectivity index (χ2v) is 8.01. The Hall–Kier alpha value is -0.130. The zero-order valence-corrected chi connectivity index (χ0v) is 12.3. The fraction of sp³-hybridized carbons (Fsp3) is 1.00. The lowest BCUT2D eigenvalue weighted by Gasteiger charge is -2.46. The van der Waals surface area contributed by atoms with Crippen LogP contribution >= 0.6 is 0 Å². The van der Waals surface area contributed by atoms with E-state index in [0.717, 1.165) is 25.9 Å². The van der Waals surface area contributed by atoms with Crippen LogP contribution in [0.3, 0.4) is 0 Å². The molecule has 0 radical (unpaired) electrons. The second-order valence-electron chi connectivity index (χ2n) is 5.75. The summed E-state index contributed by atoms with van der Waals surface area (Å²) in [5, 5.41) is 3.55. The molecule has 1 N–H and O–H groups in total. The first-order chi connectivity index (χ1) is 7.74. The van der Waals surface area contributed by atoms with Crippen LogP contribution in [0.2, 0.25) is 0 Å². The highest BCUT2D eigenvalue weighted by atomic mass is 32.2. The number of hydrogen-bond donors (Lipinski definition) is 1. The molecule has 0 aromatic rings.